The van der Waals surface area contributed by atoms with Crippen molar-refractivity contribution in [1.82, 2.24) is 4.31 Å². The molecule has 34 heavy (non-hydrogen) atoms. The molecule has 12 heteroatoms. The van der Waals surface area contributed by atoms with Gasteiger partial charge in [-0.15, -0.1) is 0 Å². The summed E-state index contributed by atoms with van der Waals surface area (Å²) in [5.74, 6) is 0.228. The molecule has 1 aliphatic rings. The van der Waals surface area contributed by atoms with Gasteiger partial charge in [0.1, 0.15) is 5.75 Å². The quantitative estimate of drug-likeness (QED) is 0.517. The molecule has 0 aliphatic carbocycles. The highest BCUT2D eigenvalue weighted by molar-refractivity contribution is 7.92. The fourth-order valence-electron chi connectivity index (χ4n) is 3.50. The summed E-state index contributed by atoms with van der Waals surface area (Å²) in [5.41, 5.74) is 0.915. The van der Waals surface area contributed by atoms with E-state index in [4.69, 9.17) is 9.47 Å². The largest absolute Gasteiger partial charge is 0.497 e. The van der Waals surface area contributed by atoms with Gasteiger partial charge in [-0.05, 0) is 42.8 Å². The zero-order valence-electron chi connectivity index (χ0n) is 19.1. The van der Waals surface area contributed by atoms with Crippen LogP contribution in [0.15, 0.2) is 53.4 Å². The predicted molar refractivity (Wildman–Crippen MR) is 129 cm³/mol. The van der Waals surface area contributed by atoms with Gasteiger partial charge in [-0.25, -0.2) is 16.8 Å². The minimum atomic E-state index is -3.61. The molecule has 0 saturated carbocycles. The van der Waals surface area contributed by atoms with Crippen molar-refractivity contribution in [3.8, 4) is 5.75 Å². The number of amides is 1. The second-order valence-electron chi connectivity index (χ2n) is 7.73. The summed E-state index contributed by atoms with van der Waals surface area (Å²) >= 11 is 0. The fourth-order valence-corrected chi connectivity index (χ4v) is 5.87. The first-order valence-corrected chi connectivity index (χ1v) is 14.0. The lowest BCUT2D eigenvalue weighted by molar-refractivity contribution is -0.116. The highest BCUT2D eigenvalue weighted by Crippen LogP contribution is 2.24. The summed E-state index contributed by atoms with van der Waals surface area (Å²) in [7, 11) is -5.66. The molecule has 3 rings (SSSR count). The van der Waals surface area contributed by atoms with Crippen molar-refractivity contribution in [2.45, 2.75) is 17.7 Å². The van der Waals surface area contributed by atoms with Gasteiger partial charge in [0.15, 0.2) is 0 Å². The number of ether oxygens (including phenoxy) is 2. The summed E-state index contributed by atoms with van der Waals surface area (Å²) in [4.78, 5) is 12.5. The van der Waals surface area contributed by atoms with Crippen LogP contribution in [0.5, 0.6) is 5.75 Å². The number of nitrogens with one attached hydrogen (secondary N) is 1. The van der Waals surface area contributed by atoms with Gasteiger partial charge >= 0.3 is 0 Å². The number of rotatable bonds is 10. The Balaban J connectivity index is 1.56. The highest BCUT2D eigenvalue weighted by atomic mass is 32.2. The van der Waals surface area contributed by atoms with Crippen molar-refractivity contribution in [3.63, 3.8) is 0 Å². The summed E-state index contributed by atoms with van der Waals surface area (Å²) in [6.45, 7) is 1.46. The van der Waals surface area contributed by atoms with Crippen LogP contribution in [0.2, 0.25) is 0 Å². The molecule has 0 spiro atoms. The topological polar surface area (TPSA) is 122 Å². The molecule has 10 nitrogen and oxygen atoms in total. The third kappa shape index (κ3) is 6.69. The number of morpholine rings is 1. The van der Waals surface area contributed by atoms with Crippen molar-refractivity contribution in [2.24, 2.45) is 0 Å². The van der Waals surface area contributed by atoms with Crippen LogP contribution in [-0.4, -0.2) is 73.3 Å². The summed E-state index contributed by atoms with van der Waals surface area (Å²) < 4.78 is 62.8. The van der Waals surface area contributed by atoms with Crippen LogP contribution in [0.3, 0.4) is 0 Å². The van der Waals surface area contributed by atoms with E-state index in [1.807, 2.05) is 0 Å². The molecular weight excluding hydrogens is 482 g/mol. The molecule has 1 N–H and O–H groups in total. The molecule has 0 aromatic heterocycles. The van der Waals surface area contributed by atoms with E-state index in [2.05, 4.69) is 5.32 Å². The lowest BCUT2D eigenvalue weighted by Crippen LogP contribution is -2.40. The molecule has 1 heterocycles. The van der Waals surface area contributed by atoms with Crippen LogP contribution in [0.25, 0.3) is 0 Å². The van der Waals surface area contributed by atoms with Crippen LogP contribution < -0.4 is 14.4 Å². The molecular formula is C22H29N3O7S2. The van der Waals surface area contributed by atoms with E-state index in [1.54, 1.807) is 24.3 Å². The number of carbonyl (C=O) groups is 1. The Hall–Kier alpha value is -2.67. The number of methoxy groups -OCH3 is 1. The van der Waals surface area contributed by atoms with Crippen molar-refractivity contribution in [1.29, 1.82) is 0 Å². The third-order valence-corrected chi connectivity index (χ3v) is 8.36. The SMILES string of the molecule is COc1cccc(N(CCCC(=O)Nc2ccc(S(=O)(=O)N3CCOCC3)cc2)S(C)(=O)=O)c1. The highest BCUT2D eigenvalue weighted by Gasteiger charge is 2.26. The average Bonchev–Trinajstić information content (AvgIpc) is 2.82. The molecule has 0 unspecified atom stereocenters. The maximum atomic E-state index is 12.7. The first-order chi connectivity index (χ1) is 16.1. The molecule has 0 radical (unpaired) electrons. The molecule has 186 valence electrons. The number of carbonyl (C=O) groups excluding carboxylic acids is 1. The Morgan fingerprint density at radius 1 is 1.09 bits per heavy atom. The van der Waals surface area contributed by atoms with Crippen molar-refractivity contribution >= 4 is 37.3 Å². The van der Waals surface area contributed by atoms with E-state index in [0.717, 1.165) is 6.26 Å². The zero-order chi connectivity index (χ0) is 24.8. The molecule has 1 saturated heterocycles. The smallest absolute Gasteiger partial charge is 0.243 e. The molecule has 0 atom stereocenters. The molecule has 1 amide bonds. The number of anilines is 2. The predicted octanol–water partition coefficient (Wildman–Crippen LogP) is 1.90. The number of nitrogens with zero attached hydrogens (tertiary/aromatic N) is 2. The fraction of sp³-hybridized carbons (Fsp3) is 0.409. The van der Waals surface area contributed by atoms with E-state index in [-0.39, 0.29) is 23.8 Å². The van der Waals surface area contributed by atoms with E-state index < -0.39 is 20.0 Å². The standard InChI is InChI=1S/C22H29N3O7S2/c1-31-20-6-3-5-19(17-20)25(33(2,27)28)12-4-7-22(26)23-18-8-10-21(11-9-18)34(29,30)24-13-15-32-16-14-24/h3,5-6,8-11,17H,4,7,12-16H2,1-2H3,(H,23,26). The molecule has 2 aromatic rings. The van der Waals surface area contributed by atoms with Gasteiger partial charge in [-0.3, -0.25) is 9.10 Å². The van der Waals surface area contributed by atoms with Crippen LogP contribution in [-0.2, 0) is 29.6 Å². The minimum Gasteiger partial charge on any atom is -0.497 e. The van der Waals surface area contributed by atoms with Crippen LogP contribution in [0.1, 0.15) is 12.8 Å². The number of hydrogen-bond acceptors (Lipinski definition) is 7. The van der Waals surface area contributed by atoms with Crippen LogP contribution in [0, 0.1) is 0 Å². The van der Waals surface area contributed by atoms with Gasteiger partial charge in [0.2, 0.25) is 26.0 Å². The van der Waals surface area contributed by atoms with Crippen molar-refractivity contribution in [2.75, 3.05) is 55.8 Å². The van der Waals surface area contributed by atoms with Gasteiger partial charge in [-0.1, -0.05) is 6.07 Å². The Kier molecular flexibility index (Phi) is 8.52. The summed E-state index contributed by atoms with van der Waals surface area (Å²) in [5, 5.41) is 2.72. The Morgan fingerprint density at radius 3 is 2.38 bits per heavy atom. The summed E-state index contributed by atoms with van der Waals surface area (Å²) in [6, 6.07) is 12.7. The maximum absolute atomic E-state index is 12.7. The van der Waals surface area contributed by atoms with Gasteiger partial charge < -0.3 is 14.8 Å². The van der Waals surface area contributed by atoms with Crippen molar-refractivity contribution in [3.05, 3.63) is 48.5 Å². The Bertz CT molecular complexity index is 1190. The lowest BCUT2D eigenvalue weighted by atomic mass is 10.2. The second-order valence-corrected chi connectivity index (χ2v) is 11.6. The molecule has 0 bridgehead atoms. The zero-order valence-corrected chi connectivity index (χ0v) is 20.8. The lowest BCUT2D eigenvalue weighted by Gasteiger charge is -2.26. The number of sulfonamides is 2. The third-order valence-electron chi connectivity index (χ3n) is 5.25. The normalized spacial score (nSPS) is 15.0. The first kappa shape index (κ1) is 25.9. The van der Waals surface area contributed by atoms with E-state index in [1.165, 1.54) is 40.0 Å². The molecule has 2 aromatic carbocycles. The monoisotopic (exact) mass is 511 g/mol. The number of benzene rings is 2. The van der Waals surface area contributed by atoms with E-state index in [0.29, 0.717) is 49.8 Å². The first-order valence-electron chi connectivity index (χ1n) is 10.7. The average molecular weight is 512 g/mol. The van der Waals surface area contributed by atoms with Gasteiger partial charge in [0, 0.05) is 37.8 Å². The number of hydrogen-bond donors (Lipinski definition) is 1. The van der Waals surface area contributed by atoms with Gasteiger partial charge in [0.05, 0.1) is 37.2 Å². The molecule has 1 fully saturated rings. The Morgan fingerprint density at radius 2 is 1.76 bits per heavy atom. The second kappa shape index (κ2) is 11.2. The Labute approximate surface area is 200 Å². The molecule has 1 aliphatic heterocycles. The summed E-state index contributed by atoms with van der Waals surface area (Å²) in [6.07, 6.45) is 1.49. The van der Waals surface area contributed by atoms with Gasteiger partial charge in [0.25, 0.3) is 0 Å². The maximum Gasteiger partial charge on any atom is 0.243 e. The van der Waals surface area contributed by atoms with E-state index >= 15 is 0 Å². The van der Waals surface area contributed by atoms with E-state index in [9.17, 15) is 21.6 Å². The van der Waals surface area contributed by atoms with Gasteiger partial charge in [-0.2, -0.15) is 4.31 Å². The van der Waals surface area contributed by atoms with Crippen LogP contribution >= 0.6 is 0 Å². The van der Waals surface area contributed by atoms with Crippen LogP contribution in [0.4, 0.5) is 11.4 Å². The van der Waals surface area contributed by atoms with Crippen molar-refractivity contribution < 1.29 is 31.1 Å². The minimum absolute atomic E-state index is 0.0871.